The molecule has 218 valence electrons. The highest BCUT2D eigenvalue weighted by molar-refractivity contribution is 7.92. The summed E-state index contributed by atoms with van der Waals surface area (Å²) >= 11 is 6.46. The van der Waals surface area contributed by atoms with Crippen molar-refractivity contribution in [1.29, 1.82) is 0 Å². The van der Waals surface area contributed by atoms with Gasteiger partial charge in [-0.2, -0.15) is 5.10 Å². The van der Waals surface area contributed by atoms with Crippen LogP contribution in [-0.4, -0.2) is 31.8 Å². The first-order valence-electron chi connectivity index (χ1n) is 13.2. The van der Waals surface area contributed by atoms with Crippen LogP contribution in [-0.2, 0) is 10.0 Å². The second-order valence-electron chi connectivity index (χ2n) is 9.82. The molecule has 5 aromatic rings. The summed E-state index contributed by atoms with van der Waals surface area (Å²) in [6.45, 7) is 4.05. The maximum absolute atomic E-state index is 13.1. The molecule has 11 heteroatoms. The highest BCUT2D eigenvalue weighted by Crippen LogP contribution is 2.35. The first kappa shape index (κ1) is 29.6. The highest BCUT2D eigenvalue weighted by Gasteiger charge is 2.15. The van der Waals surface area contributed by atoms with Crippen LogP contribution >= 0.6 is 11.6 Å². The van der Waals surface area contributed by atoms with Gasteiger partial charge in [-0.05, 0) is 67.4 Å². The molecule has 1 aromatic heterocycles. The molecule has 0 aliphatic carbocycles. The van der Waals surface area contributed by atoms with Gasteiger partial charge in [0.25, 0.3) is 5.91 Å². The number of nitrogens with zero attached hydrogens (tertiary/aromatic N) is 2. The van der Waals surface area contributed by atoms with Crippen LogP contribution in [0.3, 0.4) is 0 Å². The highest BCUT2D eigenvalue weighted by atomic mass is 35.5. The Labute approximate surface area is 254 Å². The van der Waals surface area contributed by atoms with Crippen molar-refractivity contribution in [3.05, 3.63) is 118 Å². The SMILES string of the molecule is Cc1cccc(Nc2ccccc2C(=O)N/N=C/c2cc3cc(NS(C)(=O)=O)c(Oc4ccccc4)cc3nc2Cl)c1C. The van der Waals surface area contributed by atoms with Crippen LogP contribution in [0.15, 0.2) is 96.1 Å². The van der Waals surface area contributed by atoms with E-state index in [1.165, 1.54) is 6.21 Å². The van der Waals surface area contributed by atoms with Crippen LogP contribution in [0.4, 0.5) is 17.1 Å². The summed E-state index contributed by atoms with van der Waals surface area (Å²) in [4.78, 5) is 17.5. The minimum absolute atomic E-state index is 0.136. The van der Waals surface area contributed by atoms with E-state index < -0.39 is 15.9 Å². The van der Waals surface area contributed by atoms with Crippen LogP contribution in [0.1, 0.15) is 27.0 Å². The lowest BCUT2D eigenvalue weighted by atomic mass is 10.1. The third-order valence-corrected chi connectivity index (χ3v) is 7.47. The predicted molar refractivity (Wildman–Crippen MR) is 172 cm³/mol. The van der Waals surface area contributed by atoms with E-state index in [4.69, 9.17) is 16.3 Å². The fraction of sp³-hybridized carbons (Fsp3) is 0.0938. The fourth-order valence-electron chi connectivity index (χ4n) is 4.31. The molecule has 0 saturated carbocycles. The Morgan fingerprint density at radius 2 is 1.63 bits per heavy atom. The topological polar surface area (TPSA) is 122 Å². The first-order chi connectivity index (χ1) is 20.6. The minimum atomic E-state index is -3.61. The number of sulfonamides is 1. The number of carbonyl (C=O) groups is 1. The summed E-state index contributed by atoms with van der Waals surface area (Å²) in [6, 6.07) is 26.9. The van der Waals surface area contributed by atoms with Crippen LogP contribution in [0.5, 0.6) is 11.5 Å². The number of rotatable bonds is 9. The Morgan fingerprint density at radius 3 is 2.40 bits per heavy atom. The lowest BCUT2D eigenvalue weighted by Gasteiger charge is -2.14. The average Bonchev–Trinajstić information content (AvgIpc) is 2.96. The van der Waals surface area contributed by atoms with Crippen molar-refractivity contribution in [2.75, 3.05) is 16.3 Å². The number of anilines is 3. The molecular formula is C32H28ClN5O4S. The second-order valence-corrected chi connectivity index (χ2v) is 11.9. The van der Waals surface area contributed by atoms with Crippen LogP contribution < -0.4 is 20.2 Å². The lowest BCUT2D eigenvalue weighted by molar-refractivity contribution is 0.0956. The number of fused-ring (bicyclic) bond motifs is 1. The number of aromatic nitrogens is 1. The largest absolute Gasteiger partial charge is 0.455 e. The standard InChI is InChI=1S/C32H28ClN5O4S/c1-20-10-9-15-26(21(20)2)35-27-14-8-7-13-25(27)32(39)37-34-19-23-16-22-17-29(38-43(3,40)41)30(18-28(22)36-31(23)33)42-24-11-5-4-6-12-24/h4-19,35,38H,1-3H3,(H,37,39)/b34-19+. The number of hydrogen-bond acceptors (Lipinski definition) is 7. The normalized spacial score (nSPS) is 11.4. The van der Waals surface area contributed by atoms with Gasteiger partial charge in [0.2, 0.25) is 10.0 Å². The molecule has 0 aliphatic rings. The summed E-state index contributed by atoms with van der Waals surface area (Å²) in [5.74, 6) is 0.362. The quantitative estimate of drug-likeness (QED) is 0.0920. The van der Waals surface area contributed by atoms with Gasteiger partial charge in [0.05, 0.1) is 34.9 Å². The van der Waals surface area contributed by atoms with E-state index in [1.54, 1.807) is 54.6 Å². The number of aryl methyl sites for hydroxylation is 1. The Bertz CT molecular complexity index is 1960. The molecule has 1 heterocycles. The van der Waals surface area contributed by atoms with Crippen molar-refractivity contribution in [3.63, 3.8) is 0 Å². The monoisotopic (exact) mass is 613 g/mol. The number of pyridine rings is 1. The first-order valence-corrected chi connectivity index (χ1v) is 15.4. The number of ether oxygens (including phenoxy) is 1. The molecule has 0 spiro atoms. The van der Waals surface area contributed by atoms with Gasteiger partial charge in [0, 0.05) is 22.7 Å². The van der Waals surface area contributed by atoms with Crippen molar-refractivity contribution in [2.45, 2.75) is 13.8 Å². The molecule has 1 amide bonds. The Hall–Kier alpha value is -4.93. The number of hydrogen-bond donors (Lipinski definition) is 3. The summed E-state index contributed by atoms with van der Waals surface area (Å²) < 4.78 is 32.6. The van der Waals surface area contributed by atoms with E-state index in [0.717, 1.165) is 23.1 Å². The molecule has 0 radical (unpaired) electrons. The Balaban J connectivity index is 1.39. The number of carbonyl (C=O) groups excluding carboxylic acids is 1. The van der Waals surface area contributed by atoms with Crippen molar-refractivity contribution >= 4 is 61.7 Å². The van der Waals surface area contributed by atoms with Gasteiger partial charge in [-0.1, -0.05) is 54.1 Å². The molecule has 0 bridgehead atoms. The van der Waals surface area contributed by atoms with Gasteiger partial charge in [0.15, 0.2) is 5.75 Å². The zero-order valence-corrected chi connectivity index (χ0v) is 25.1. The molecule has 0 saturated heterocycles. The van der Waals surface area contributed by atoms with Gasteiger partial charge in [-0.15, -0.1) is 0 Å². The van der Waals surface area contributed by atoms with E-state index in [1.807, 2.05) is 50.2 Å². The summed E-state index contributed by atoms with van der Waals surface area (Å²) in [7, 11) is -3.61. The molecule has 9 nitrogen and oxygen atoms in total. The number of nitrogens with one attached hydrogen (secondary N) is 3. The number of benzene rings is 4. The molecule has 0 fully saturated rings. The van der Waals surface area contributed by atoms with Crippen LogP contribution in [0.25, 0.3) is 10.9 Å². The van der Waals surface area contributed by atoms with Crippen LogP contribution in [0.2, 0.25) is 5.15 Å². The minimum Gasteiger partial charge on any atom is -0.455 e. The molecule has 4 aromatic carbocycles. The summed E-state index contributed by atoms with van der Waals surface area (Å²) in [6.07, 6.45) is 2.44. The number of hydrazone groups is 1. The zero-order chi connectivity index (χ0) is 30.6. The smallest absolute Gasteiger partial charge is 0.273 e. The molecule has 0 unspecified atom stereocenters. The Morgan fingerprint density at radius 1 is 0.907 bits per heavy atom. The number of para-hydroxylation sites is 2. The second kappa shape index (κ2) is 12.5. The van der Waals surface area contributed by atoms with Crippen molar-refractivity contribution in [3.8, 4) is 11.5 Å². The third-order valence-electron chi connectivity index (χ3n) is 6.58. The fourth-order valence-corrected chi connectivity index (χ4v) is 5.06. The van der Waals surface area contributed by atoms with E-state index in [-0.39, 0.29) is 16.6 Å². The molecule has 0 atom stereocenters. The van der Waals surface area contributed by atoms with Crippen molar-refractivity contribution < 1.29 is 17.9 Å². The molecule has 5 rings (SSSR count). The van der Waals surface area contributed by atoms with Gasteiger partial charge < -0.3 is 10.1 Å². The van der Waals surface area contributed by atoms with E-state index in [2.05, 4.69) is 25.6 Å². The maximum atomic E-state index is 13.1. The van der Waals surface area contributed by atoms with Gasteiger partial charge in [-0.25, -0.2) is 18.8 Å². The van der Waals surface area contributed by atoms with Crippen LogP contribution in [0, 0.1) is 13.8 Å². The van der Waals surface area contributed by atoms with E-state index >= 15 is 0 Å². The molecule has 3 N–H and O–H groups in total. The lowest BCUT2D eigenvalue weighted by Crippen LogP contribution is -2.19. The van der Waals surface area contributed by atoms with Gasteiger partial charge in [-0.3, -0.25) is 9.52 Å². The van der Waals surface area contributed by atoms with Gasteiger partial charge >= 0.3 is 0 Å². The predicted octanol–water partition coefficient (Wildman–Crippen LogP) is 7.18. The van der Waals surface area contributed by atoms with Crippen molar-refractivity contribution in [1.82, 2.24) is 10.4 Å². The molecular weight excluding hydrogens is 586 g/mol. The van der Waals surface area contributed by atoms with E-state index in [9.17, 15) is 13.2 Å². The number of amides is 1. The average molecular weight is 614 g/mol. The molecule has 43 heavy (non-hydrogen) atoms. The number of halogens is 1. The zero-order valence-electron chi connectivity index (χ0n) is 23.6. The van der Waals surface area contributed by atoms with E-state index in [0.29, 0.717) is 33.5 Å². The van der Waals surface area contributed by atoms with Gasteiger partial charge in [0.1, 0.15) is 10.9 Å². The summed E-state index contributed by atoms with van der Waals surface area (Å²) in [5.41, 5.74) is 7.83. The van der Waals surface area contributed by atoms with Crippen molar-refractivity contribution in [2.24, 2.45) is 5.10 Å². The maximum Gasteiger partial charge on any atom is 0.273 e. The third kappa shape index (κ3) is 7.29. The Kier molecular flexibility index (Phi) is 8.61. The molecule has 0 aliphatic heterocycles. The summed E-state index contributed by atoms with van der Waals surface area (Å²) in [5, 5.41) is 8.16.